The number of aryl methyl sites for hydroxylation is 1. The number of hydrogen-bond donors (Lipinski definition) is 1. The third kappa shape index (κ3) is 4.59. The number of ketones is 1. The van der Waals surface area contributed by atoms with Gasteiger partial charge in [0.2, 0.25) is 0 Å². The molecule has 5 nitrogen and oxygen atoms in total. The molecule has 0 aliphatic heterocycles. The van der Waals surface area contributed by atoms with E-state index >= 15 is 0 Å². The van der Waals surface area contributed by atoms with Gasteiger partial charge in [-0.2, -0.15) is 0 Å². The summed E-state index contributed by atoms with van der Waals surface area (Å²) in [5.41, 5.74) is 1.75. The molecule has 0 aliphatic rings. The van der Waals surface area contributed by atoms with Crippen molar-refractivity contribution in [3.05, 3.63) is 59.2 Å². The normalized spacial score (nSPS) is 10.2. The maximum absolute atomic E-state index is 12.2. The molecule has 0 bridgehead atoms. The number of Topliss-reactive ketones (excluding diaryl/α,β-unsaturated/α-hetero) is 1. The lowest BCUT2D eigenvalue weighted by molar-refractivity contribution is 0.0696. The maximum atomic E-state index is 12.2. The van der Waals surface area contributed by atoms with Gasteiger partial charge in [0.1, 0.15) is 11.5 Å². The van der Waals surface area contributed by atoms with Gasteiger partial charge < -0.3 is 14.6 Å². The molecule has 0 heterocycles. The van der Waals surface area contributed by atoms with Crippen LogP contribution in [0.4, 0.5) is 0 Å². The molecule has 0 radical (unpaired) electrons. The number of carboxylic acid groups (broad SMARTS) is 1. The van der Waals surface area contributed by atoms with Crippen molar-refractivity contribution in [3.8, 4) is 11.5 Å². The van der Waals surface area contributed by atoms with Crippen LogP contribution in [0.3, 0.4) is 0 Å². The Labute approximate surface area is 140 Å². The summed E-state index contributed by atoms with van der Waals surface area (Å²) in [6.45, 7) is 0. The van der Waals surface area contributed by atoms with Crippen LogP contribution in [0, 0.1) is 0 Å². The van der Waals surface area contributed by atoms with E-state index in [9.17, 15) is 9.59 Å². The summed E-state index contributed by atoms with van der Waals surface area (Å²) >= 11 is 0. The van der Waals surface area contributed by atoms with Gasteiger partial charge in [0, 0.05) is 18.1 Å². The molecule has 1 N–H and O–H groups in total. The zero-order valence-corrected chi connectivity index (χ0v) is 13.7. The van der Waals surface area contributed by atoms with Gasteiger partial charge in [0.15, 0.2) is 5.78 Å². The SMILES string of the molecule is COc1cc(CCCC(=O)c2ccc(C(=O)O)cc2)cc(OC)c1. The van der Waals surface area contributed by atoms with Crippen molar-refractivity contribution in [2.45, 2.75) is 19.3 Å². The van der Waals surface area contributed by atoms with Gasteiger partial charge in [-0.25, -0.2) is 4.79 Å². The minimum Gasteiger partial charge on any atom is -0.497 e. The Morgan fingerprint density at radius 2 is 1.46 bits per heavy atom. The van der Waals surface area contributed by atoms with Crippen LogP contribution in [-0.2, 0) is 6.42 Å². The molecule has 0 aliphatic carbocycles. The smallest absolute Gasteiger partial charge is 0.335 e. The summed E-state index contributed by atoms with van der Waals surface area (Å²) in [6, 6.07) is 11.7. The predicted octanol–water partition coefficient (Wildman–Crippen LogP) is 3.61. The molecule has 0 atom stereocenters. The van der Waals surface area contributed by atoms with Gasteiger partial charge in [-0.15, -0.1) is 0 Å². The number of benzene rings is 2. The van der Waals surface area contributed by atoms with Crippen LogP contribution in [-0.4, -0.2) is 31.1 Å². The fourth-order valence-corrected chi connectivity index (χ4v) is 2.41. The molecule has 0 amide bonds. The summed E-state index contributed by atoms with van der Waals surface area (Å²) in [5.74, 6) is 0.447. The van der Waals surface area contributed by atoms with Crippen LogP contribution in [0.25, 0.3) is 0 Å². The summed E-state index contributed by atoms with van der Waals surface area (Å²) in [5, 5.41) is 8.86. The van der Waals surface area contributed by atoms with Crippen molar-refractivity contribution in [2.24, 2.45) is 0 Å². The lowest BCUT2D eigenvalue weighted by Crippen LogP contribution is -2.02. The standard InChI is InChI=1S/C19H20O5/c1-23-16-10-13(11-17(12-16)24-2)4-3-5-18(20)14-6-8-15(9-7-14)19(21)22/h6-12H,3-5H2,1-2H3,(H,21,22). The molecule has 24 heavy (non-hydrogen) atoms. The largest absolute Gasteiger partial charge is 0.497 e. The van der Waals surface area contributed by atoms with Crippen LogP contribution in [0.2, 0.25) is 0 Å². The van der Waals surface area contributed by atoms with E-state index in [0.717, 1.165) is 23.5 Å². The highest BCUT2D eigenvalue weighted by Gasteiger charge is 2.09. The Kier molecular flexibility index (Phi) is 5.95. The van der Waals surface area contributed by atoms with Crippen LogP contribution >= 0.6 is 0 Å². The highest BCUT2D eigenvalue weighted by molar-refractivity contribution is 5.97. The fourth-order valence-electron chi connectivity index (χ4n) is 2.41. The van der Waals surface area contributed by atoms with Crippen molar-refractivity contribution in [2.75, 3.05) is 14.2 Å². The second-order valence-corrected chi connectivity index (χ2v) is 5.38. The molecular weight excluding hydrogens is 308 g/mol. The van der Waals surface area contributed by atoms with Gasteiger partial charge in [0.05, 0.1) is 19.8 Å². The maximum Gasteiger partial charge on any atom is 0.335 e. The number of rotatable bonds is 8. The van der Waals surface area contributed by atoms with E-state index < -0.39 is 5.97 Å². The minimum absolute atomic E-state index is 0.00167. The first-order valence-corrected chi connectivity index (χ1v) is 7.62. The summed E-state index contributed by atoms with van der Waals surface area (Å²) < 4.78 is 10.5. The second kappa shape index (κ2) is 8.15. The topological polar surface area (TPSA) is 72.8 Å². The van der Waals surface area contributed by atoms with Gasteiger partial charge in [0.25, 0.3) is 0 Å². The second-order valence-electron chi connectivity index (χ2n) is 5.38. The molecule has 0 unspecified atom stereocenters. The van der Waals surface area contributed by atoms with Crippen molar-refractivity contribution in [1.82, 2.24) is 0 Å². The van der Waals surface area contributed by atoms with Crippen molar-refractivity contribution < 1.29 is 24.2 Å². The van der Waals surface area contributed by atoms with E-state index in [4.69, 9.17) is 14.6 Å². The van der Waals surface area contributed by atoms with Crippen molar-refractivity contribution >= 4 is 11.8 Å². The number of carbonyl (C=O) groups excluding carboxylic acids is 1. The molecule has 2 aromatic carbocycles. The molecule has 5 heteroatoms. The van der Waals surface area contributed by atoms with Gasteiger partial charge in [-0.05, 0) is 42.7 Å². The van der Waals surface area contributed by atoms with Gasteiger partial charge in [-0.3, -0.25) is 4.79 Å². The Morgan fingerprint density at radius 3 is 1.96 bits per heavy atom. The summed E-state index contributed by atoms with van der Waals surface area (Å²) in [7, 11) is 3.20. The number of ether oxygens (including phenoxy) is 2. The number of methoxy groups -OCH3 is 2. The minimum atomic E-state index is -0.999. The van der Waals surface area contributed by atoms with E-state index in [1.165, 1.54) is 12.1 Å². The lowest BCUT2D eigenvalue weighted by atomic mass is 10.0. The molecule has 0 saturated heterocycles. The zero-order chi connectivity index (χ0) is 17.5. The lowest BCUT2D eigenvalue weighted by Gasteiger charge is -2.08. The quantitative estimate of drug-likeness (QED) is 0.749. The Hall–Kier alpha value is -2.82. The van der Waals surface area contributed by atoms with Gasteiger partial charge >= 0.3 is 5.97 Å². The molecule has 0 aromatic heterocycles. The third-order valence-corrected chi connectivity index (χ3v) is 3.73. The molecule has 0 spiro atoms. The van der Waals surface area contributed by atoms with Gasteiger partial charge in [-0.1, -0.05) is 12.1 Å². The Balaban J connectivity index is 1.93. The monoisotopic (exact) mass is 328 g/mol. The van der Waals surface area contributed by atoms with E-state index in [0.29, 0.717) is 18.4 Å². The number of hydrogen-bond acceptors (Lipinski definition) is 4. The number of carboxylic acids is 1. The number of aromatic carboxylic acids is 1. The predicted molar refractivity (Wildman–Crippen MR) is 90.2 cm³/mol. The fraction of sp³-hybridized carbons (Fsp3) is 0.263. The molecule has 0 fully saturated rings. The van der Waals surface area contributed by atoms with E-state index in [2.05, 4.69) is 0 Å². The molecular formula is C19H20O5. The third-order valence-electron chi connectivity index (χ3n) is 3.73. The van der Waals surface area contributed by atoms with Crippen LogP contribution in [0.15, 0.2) is 42.5 Å². The number of carbonyl (C=O) groups is 2. The summed E-state index contributed by atoms with van der Waals surface area (Å²) in [4.78, 5) is 23.0. The average molecular weight is 328 g/mol. The van der Waals surface area contributed by atoms with Crippen LogP contribution in [0.1, 0.15) is 39.1 Å². The van der Waals surface area contributed by atoms with E-state index in [1.54, 1.807) is 32.4 Å². The summed E-state index contributed by atoms with van der Waals surface area (Å²) in [6.07, 6.45) is 1.81. The molecule has 2 rings (SSSR count). The molecule has 126 valence electrons. The highest BCUT2D eigenvalue weighted by atomic mass is 16.5. The first-order valence-electron chi connectivity index (χ1n) is 7.62. The first kappa shape index (κ1) is 17.5. The zero-order valence-electron chi connectivity index (χ0n) is 13.7. The average Bonchev–Trinajstić information content (AvgIpc) is 2.61. The Bertz CT molecular complexity index is 697. The van der Waals surface area contributed by atoms with E-state index in [1.807, 2.05) is 12.1 Å². The van der Waals surface area contributed by atoms with Crippen LogP contribution < -0.4 is 9.47 Å². The van der Waals surface area contributed by atoms with Crippen molar-refractivity contribution in [1.29, 1.82) is 0 Å². The molecule has 2 aromatic rings. The molecule has 0 saturated carbocycles. The highest BCUT2D eigenvalue weighted by Crippen LogP contribution is 2.23. The first-order chi connectivity index (χ1) is 11.5. The van der Waals surface area contributed by atoms with Crippen LogP contribution in [0.5, 0.6) is 11.5 Å². The van der Waals surface area contributed by atoms with Crippen molar-refractivity contribution in [3.63, 3.8) is 0 Å². The van der Waals surface area contributed by atoms with E-state index in [-0.39, 0.29) is 11.3 Å². The Morgan fingerprint density at radius 1 is 0.917 bits per heavy atom.